The second-order valence-corrected chi connectivity index (χ2v) is 3.28. The van der Waals surface area contributed by atoms with Crippen molar-refractivity contribution in [2.24, 2.45) is 0 Å². The normalized spacial score (nSPS) is 12.6. The smallest absolute Gasteiger partial charge is 0.339 e. The molecule has 0 saturated carbocycles. The number of carbonyl (C=O) groups excluding carboxylic acids is 1. The summed E-state index contributed by atoms with van der Waals surface area (Å²) in [6, 6.07) is 0. The van der Waals surface area contributed by atoms with Gasteiger partial charge in [0, 0.05) is 10.1 Å². The molecule has 0 bridgehead atoms. The number of methoxy groups -OCH3 is 1. The Morgan fingerprint density at radius 1 is 1.38 bits per heavy atom. The molecule has 0 atom stereocenters. The van der Waals surface area contributed by atoms with Gasteiger partial charge >= 0.3 is 5.97 Å². The molecule has 0 rings (SSSR count). The zero-order chi connectivity index (χ0) is 10.4. The molecule has 4 heteroatoms. The van der Waals surface area contributed by atoms with Crippen LogP contribution in [0.25, 0.3) is 0 Å². The van der Waals surface area contributed by atoms with E-state index in [1.54, 1.807) is 13.0 Å². The van der Waals surface area contributed by atoms with Crippen LogP contribution in [-0.4, -0.2) is 13.1 Å². The second-order valence-electron chi connectivity index (χ2n) is 2.23. The highest BCUT2D eigenvalue weighted by atomic mass is 35.5. The third-order valence-corrected chi connectivity index (χ3v) is 1.51. The summed E-state index contributed by atoms with van der Waals surface area (Å²) in [7, 11) is 1.27. The van der Waals surface area contributed by atoms with E-state index in [2.05, 4.69) is 11.3 Å². The Balaban J connectivity index is 4.82. The Bertz CT molecular complexity index is 273. The van der Waals surface area contributed by atoms with Crippen LogP contribution in [0, 0.1) is 0 Å². The Labute approximate surface area is 87.5 Å². The molecule has 0 spiro atoms. The predicted octanol–water partition coefficient (Wildman–Crippen LogP) is 2.98. The summed E-state index contributed by atoms with van der Waals surface area (Å²) in [5.41, 5.74) is 0.198. The molecule has 0 fully saturated rings. The van der Waals surface area contributed by atoms with E-state index < -0.39 is 5.97 Å². The van der Waals surface area contributed by atoms with Gasteiger partial charge in [-0.25, -0.2) is 4.79 Å². The fraction of sp³-hybridized carbons (Fsp3) is 0.222. The van der Waals surface area contributed by atoms with E-state index >= 15 is 0 Å². The lowest BCUT2D eigenvalue weighted by Gasteiger charge is -2.00. The molecule has 13 heavy (non-hydrogen) atoms. The number of ether oxygens (including phenoxy) is 1. The van der Waals surface area contributed by atoms with Crippen LogP contribution in [0.5, 0.6) is 0 Å². The first-order valence-corrected chi connectivity index (χ1v) is 4.21. The summed E-state index contributed by atoms with van der Waals surface area (Å²) in [6.07, 6.45) is 3.00. The molecule has 0 aromatic rings. The van der Waals surface area contributed by atoms with Gasteiger partial charge in [0.05, 0.1) is 12.7 Å². The first-order chi connectivity index (χ1) is 5.99. The number of hydrogen-bond donors (Lipinski definition) is 0. The number of esters is 1. The van der Waals surface area contributed by atoms with Gasteiger partial charge in [-0.2, -0.15) is 0 Å². The maximum absolute atomic E-state index is 11.1. The van der Waals surface area contributed by atoms with Crippen molar-refractivity contribution in [2.75, 3.05) is 7.11 Å². The van der Waals surface area contributed by atoms with Crippen molar-refractivity contribution >= 4 is 29.2 Å². The van der Waals surface area contributed by atoms with Crippen molar-refractivity contribution in [1.29, 1.82) is 0 Å². The van der Waals surface area contributed by atoms with Crippen molar-refractivity contribution in [2.45, 2.75) is 6.92 Å². The SMILES string of the molecule is C=C(Cl)/C(=C\C=C(/C)Cl)C(=O)OC. The lowest BCUT2D eigenvalue weighted by Crippen LogP contribution is -2.04. The van der Waals surface area contributed by atoms with E-state index in [9.17, 15) is 4.79 Å². The lowest BCUT2D eigenvalue weighted by atomic mass is 10.2. The number of hydrogen-bond acceptors (Lipinski definition) is 2. The molecular weight excluding hydrogens is 211 g/mol. The summed E-state index contributed by atoms with van der Waals surface area (Å²) in [5.74, 6) is -0.533. The molecule has 2 nitrogen and oxygen atoms in total. The van der Waals surface area contributed by atoms with Crippen LogP contribution in [0.3, 0.4) is 0 Å². The van der Waals surface area contributed by atoms with Crippen molar-refractivity contribution in [3.63, 3.8) is 0 Å². The molecule has 0 N–H and O–H groups in total. The highest BCUT2D eigenvalue weighted by Crippen LogP contribution is 2.14. The summed E-state index contributed by atoms with van der Waals surface area (Å²) in [6.45, 7) is 5.11. The van der Waals surface area contributed by atoms with Crippen LogP contribution in [0.1, 0.15) is 6.92 Å². The molecule has 0 aliphatic rings. The molecule has 0 unspecified atom stereocenters. The number of allylic oxidation sites excluding steroid dienone is 3. The largest absolute Gasteiger partial charge is 0.465 e. The van der Waals surface area contributed by atoms with E-state index in [1.807, 2.05) is 0 Å². The van der Waals surface area contributed by atoms with E-state index in [-0.39, 0.29) is 10.6 Å². The Kier molecular flexibility index (Phi) is 5.51. The van der Waals surface area contributed by atoms with Gasteiger partial charge in [0.1, 0.15) is 0 Å². The van der Waals surface area contributed by atoms with E-state index in [4.69, 9.17) is 23.2 Å². The lowest BCUT2D eigenvalue weighted by molar-refractivity contribution is -0.135. The van der Waals surface area contributed by atoms with Gasteiger partial charge < -0.3 is 4.74 Å². The number of halogens is 2. The topological polar surface area (TPSA) is 26.3 Å². The molecule has 0 amide bonds. The van der Waals surface area contributed by atoms with Crippen LogP contribution in [0.15, 0.2) is 34.4 Å². The summed E-state index contributed by atoms with van der Waals surface area (Å²) < 4.78 is 4.48. The van der Waals surface area contributed by atoms with Crippen LogP contribution in [0.4, 0.5) is 0 Å². The molecule has 0 aromatic carbocycles. The Morgan fingerprint density at radius 3 is 2.23 bits per heavy atom. The first-order valence-electron chi connectivity index (χ1n) is 3.46. The average molecular weight is 221 g/mol. The first kappa shape index (κ1) is 12.3. The van der Waals surface area contributed by atoms with E-state index in [0.717, 1.165) is 0 Å². The Morgan fingerprint density at radius 2 is 1.92 bits per heavy atom. The summed E-state index contributed by atoms with van der Waals surface area (Å²) in [5, 5.41) is 0.667. The standard InChI is InChI=1S/C9H10Cl2O2/c1-6(10)4-5-8(7(2)11)9(12)13-3/h4-5H,2H2,1,3H3/b6-4+,8-5+. The quantitative estimate of drug-likeness (QED) is 0.416. The molecule has 0 aromatic heterocycles. The number of carbonyl (C=O) groups is 1. The monoisotopic (exact) mass is 220 g/mol. The maximum atomic E-state index is 11.1. The zero-order valence-electron chi connectivity index (χ0n) is 7.43. The molecule has 0 aliphatic heterocycles. The third kappa shape index (κ3) is 4.76. The van der Waals surface area contributed by atoms with Gasteiger partial charge in [0.2, 0.25) is 0 Å². The van der Waals surface area contributed by atoms with Crippen molar-refractivity contribution in [3.05, 3.63) is 34.4 Å². The minimum absolute atomic E-state index is 0.126. The van der Waals surface area contributed by atoms with Crippen molar-refractivity contribution in [1.82, 2.24) is 0 Å². The van der Waals surface area contributed by atoms with Crippen LogP contribution in [-0.2, 0) is 9.53 Å². The fourth-order valence-electron chi connectivity index (χ4n) is 0.577. The maximum Gasteiger partial charge on any atom is 0.339 e. The van der Waals surface area contributed by atoms with Crippen LogP contribution >= 0.6 is 23.2 Å². The molecule has 72 valence electrons. The minimum atomic E-state index is -0.533. The average Bonchev–Trinajstić information content (AvgIpc) is 2.03. The van der Waals surface area contributed by atoms with Crippen molar-refractivity contribution < 1.29 is 9.53 Å². The van der Waals surface area contributed by atoms with Crippen LogP contribution < -0.4 is 0 Å². The van der Waals surface area contributed by atoms with Crippen molar-refractivity contribution in [3.8, 4) is 0 Å². The highest BCUT2D eigenvalue weighted by molar-refractivity contribution is 6.34. The van der Waals surface area contributed by atoms with Gasteiger partial charge in [-0.05, 0) is 19.1 Å². The van der Waals surface area contributed by atoms with Crippen LogP contribution in [0.2, 0.25) is 0 Å². The van der Waals surface area contributed by atoms with Gasteiger partial charge in [-0.3, -0.25) is 0 Å². The summed E-state index contributed by atoms with van der Waals surface area (Å²) in [4.78, 5) is 11.1. The van der Waals surface area contributed by atoms with Gasteiger partial charge in [-0.15, -0.1) is 0 Å². The molecule has 0 saturated heterocycles. The second kappa shape index (κ2) is 5.84. The zero-order valence-corrected chi connectivity index (χ0v) is 8.95. The minimum Gasteiger partial charge on any atom is -0.465 e. The highest BCUT2D eigenvalue weighted by Gasteiger charge is 2.10. The number of rotatable bonds is 3. The predicted molar refractivity (Wildman–Crippen MR) is 54.7 cm³/mol. The molecule has 0 aliphatic carbocycles. The third-order valence-electron chi connectivity index (χ3n) is 1.18. The van der Waals surface area contributed by atoms with E-state index in [1.165, 1.54) is 13.2 Å². The Hall–Kier alpha value is -0.730. The molecule has 0 radical (unpaired) electrons. The van der Waals surface area contributed by atoms with Gasteiger partial charge in [-0.1, -0.05) is 29.8 Å². The fourth-order valence-corrected chi connectivity index (χ4v) is 0.780. The van der Waals surface area contributed by atoms with Gasteiger partial charge in [0.15, 0.2) is 0 Å². The summed E-state index contributed by atoms with van der Waals surface area (Å²) >= 11 is 11.1. The molecular formula is C9H10Cl2O2. The van der Waals surface area contributed by atoms with E-state index in [0.29, 0.717) is 5.03 Å². The molecule has 0 heterocycles. The van der Waals surface area contributed by atoms with Gasteiger partial charge in [0.25, 0.3) is 0 Å².